The van der Waals surface area contributed by atoms with Gasteiger partial charge in [0.15, 0.2) is 0 Å². The molecule has 1 unspecified atom stereocenters. The minimum absolute atomic E-state index is 0.356. The first-order valence-corrected chi connectivity index (χ1v) is 14.0. The lowest BCUT2D eigenvalue weighted by molar-refractivity contribution is 0.840. The van der Waals surface area contributed by atoms with E-state index in [-0.39, 0.29) is 0 Å². The van der Waals surface area contributed by atoms with E-state index in [0.717, 1.165) is 46.1 Å². The van der Waals surface area contributed by atoms with Crippen molar-refractivity contribution < 1.29 is 0 Å². The Morgan fingerprint density at radius 3 is 2.39 bits per heavy atom. The zero-order valence-electron chi connectivity index (χ0n) is 20.8. The molecule has 0 saturated heterocycles. The molecule has 2 aliphatic carbocycles. The second-order valence-electron chi connectivity index (χ2n) is 10.1. The molecule has 0 spiro atoms. The number of allylic oxidation sites excluding steroid dienone is 3. The molecule has 0 radical (unpaired) electrons. The van der Waals surface area contributed by atoms with E-state index in [9.17, 15) is 0 Å². The summed E-state index contributed by atoms with van der Waals surface area (Å²) in [6, 6.07) is 26.2. The predicted octanol–water partition coefficient (Wildman–Crippen LogP) is 9.64. The van der Waals surface area contributed by atoms with Gasteiger partial charge in [-0.1, -0.05) is 97.1 Å². The van der Waals surface area contributed by atoms with Crippen LogP contribution >= 0.6 is 11.3 Å². The van der Waals surface area contributed by atoms with Crippen LogP contribution in [-0.2, 0) is 0 Å². The fraction of sp³-hybridized carbons (Fsp3) is 0.0857. The van der Waals surface area contributed by atoms with Crippen molar-refractivity contribution in [2.45, 2.75) is 18.8 Å². The van der Waals surface area contributed by atoms with Crippen molar-refractivity contribution in [3.05, 3.63) is 124 Å². The standard InChI is InChI=1S/C35H24N2S/c1-2-12-26-25-13-4-5-16-28(25)33-34(29(26)15-3-1)37-31(21-36-33)23-11-8-10-22(20-23)24-17-9-18-30-27-14-6-7-19-32(27)38-35(24)30/h2-16,18-21,24H,1,17H2. The first-order valence-electron chi connectivity index (χ1n) is 13.2. The summed E-state index contributed by atoms with van der Waals surface area (Å²) in [4.78, 5) is 11.7. The number of fused-ring (bicyclic) bond motifs is 9. The molecule has 2 aromatic heterocycles. The van der Waals surface area contributed by atoms with E-state index in [1.165, 1.54) is 37.0 Å². The lowest BCUT2D eigenvalue weighted by atomic mass is 9.86. The summed E-state index contributed by atoms with van der Waals surface area (Å²) in [5.74, 6) is 0.356. The average Bonchev–Trinajstić information content (AvgIpc) is 3.18. The van der Waals surface area contributed by atoms with Gasteiger partial charge >= 0.3 is 0 Å². The van der Waals surface area contributed by atoms with E-state index < -0.39 is 0 Å². The monoisotopic (exact) mass is 504 g/mol. The van der Waals surface area contributed by atoms with Crippen molar-refractivity contribution in [2.75, 3.05) is 0 Å². The van der Waals surface area contributed by atoms with Crippen LogP contribution in [0.3, 0.4) is 0 Å². The zero-order chi connectivity index (χ0) is 25.1. The average molecular weight is 505 g/mol. The number of aromatic nitrogens is 2. The van der Waals surface area contributed by atoms with Gasteiger partial charge < -0.3 is 0 Å². The van der Waals surface area contributed by atoms with E-state index in [2.05, 4.69) is 109 Å². The van der Waals surface area contributed by atoms with Crippen molar-refractivity contribution in [3.63, 3.8) is 0 Å². The molecular weight excluding hydrogens is 480 g/mol. The third-order valence-corrected chi connectivity index (χ3v) is 9.15. The van der Waals surface area contributed by atoms with Gasteiger partial charge in [0.1, 0.15) is 0 Å². The highest BCUT2D eigenvalue weighted by Crippen LogP contribution is 2.44. The van der Waals surface area contributed by atoms with Gasteiger partial charge in [-0.2, -0.15) is 0 Å². The molecule has 0 fully saturated rings. The minimum atomic E-state index is 0.356. The highest BCUT2D eigenvalue weighted by Gasteiger charge is 2.24. The summed E-state index contributed by atoms with van der Waals surface area (Å²) in [6.07, 6.45) is 17.4. The van der Waals surface area contributed by atoms with E-state index in [1.54, 1.807) is 0 Å². The molecule has 2 aliphatic rings. The van der Waals surface area contributed by atoms with Crippen LogP contribution in [0.15, 0.2) is 97.2 Å². The molecule has 0 N–H and O–H groups in total. The lowest BCUT2D eigenvalue weighted by Crippen LogP contribution is -2.03. The second kappa shape index (κ2) is 8.61. The van der Waals surface area contributed by atoms with Gasteiger partial charge in [-0.05, 0) is 52.4 Å². The van der Waals surface area contributed by atoms with Gasteiger partial charge in [-0.15, -0.1) is 11.3 Å². The zero-order valence-corrected chi connectivity index (χ0v) is 21.6. The van der Waals surface area contributed by atoms with Crippen LogP contribution in [0.5, 0.6) is 0 Å². The lowest BCUT2D eigenvalue weighted by Gasteiger charge is -2.20. The maximum atomic E-state index is 5.26. The first kappa shape index (κ1) is 21.7. The van der Waals surface area contributed by atoms with Crippen molar-refractivity contribution in [1.82, 2.24) is 9.97 Å². The van der Waals surface area contributed by atoms with Gasteiger partial charge in [0.05, 0.1) is 22.9 Å². The quantitative estimate of drug-likeness (QED) is 0.219. The molecule has 3 heteroatoms. The van der Waals surface area contributed by atoms with E-state index in [1.807, 2.05) is 17.5 Å². The van der Waals surface area contributed by atoms with Crippen LogP contribution in [0.25, 0.3) is 61.4 Å². The largest absolute Gasteiger partial charge is 0.252 e. The third-order valence-electron chi connectivity index (χ3n) is 7.85. The molecule has 38 heavy (non-hydrogen) atoms. The van der Waals surface area contributed by atoms with Crippen LogP contribution in [0, 0.1) is 0 Å². The molecule has 180 valence electrons. The Hall–Kier alpha value is -4.34. The fourth-order valence-electron chi connectivity index (χ4n) is 6.06. The van der Waals surface area contributed by atoms with Crippen molar-refractivity contribution in [3.8, 4) is 11.3 Å². The topological polar surface area (TPSA) is 25.8 Å². The van der Waals surface area contributed by atoms with Crippen LogP contribution in [0.1, 0.15) is 45.9 Å². The molecule has 4 aromatic carbocycles. The third kappa shape index (κ3) is 3.32. The molecular formula is C35H24N2S. The Labute approximate surface area is 225 Å². The fourth-order valence-corrected chi connectivity index (χ4v) is 7.39. The Morgan fingerprint density at radius 2 is 1.47 bits per heavy atom. The molecule has 1 atom stereocenters. The number of hydrogen-bond acceptors (Lipinski definition) is 3. The molecule has 6 aromatic rings. The maximum Gasteiger partial charge on any atom is 0.0979 e. The van der Waals surface area contributed by atoms with E-state index in [4.69, 9.17) is 9.97 Å². The summed E-state index contributed by atoms with van der Waals surface area (Å²) in [6.45, 7) is 0. The Kier molecular flexibility index (Phi) is 4.92. The number of hydrogen-bond donors (Lipinski definition) is 0. The summed E-state index contributed by atoms with van der Waals surface area (Å²) in [5.41, 5.74) is 9.07. The Balaban J connectivity index is 1.29. The number of benzene rings is 4. The van der Waals surface area contributed by atoms with Crippen LogP contribution in [0.2, 0.25) is 0 Å². The maximum absolute atomic E-state index is 5.26. The van der Waals surface area contributed by atoms with Crippen molar-refractivity contribution >= 4 is 61.5 Å². The molecule has 2 nitrogen and oxygen atoms in total. The Morgan fingerprint density at radius 1 is 0.684 bits per heavy atom. The van der Waals surface area contributed by atoms with Gasteiger partial charge in [0.2, 0.25) is 0 Å². The highest BCUT2D eigenvalue weighted by atomic mass is 32.1. The molecule has 8 rings (SSSR count). The van der Waals surface area contributed by atoms with Crippen molar-refractivity contribution in [2.24, 2.45) is 0 Å². The normalized spacial score (nSPS) is 16.2. The number of rotatable bonds is 2. The summed E-state index contributed by atoms with van der Waals surface area (Å²) in [5, 5.41) is 3.74. The van der Waals surface area contributed by atoms with Gasteiger partial charge in [-0.3, -0.25) is 4.98 Å². The van der Waals surface area contributed by atoms with Gasteiger partial charge in [0, 0.05) is 32.0 Å². The Bertz CT molecular complexity index is 1990. The van der Waals surface area contributed by atoms with Gasteiger partial charge in [0.25, 0.3) is 0 Å². The molecule has 0 saturated carbocycles. The minimum Gasteiger partial charge on any atom is -0.252 e. The van der Waals surface area contributed by atoms with Crippen LogP contribution < -0.4 is 0 Å². The smallest absolute Gasteiger partial charge is 0.0979 e. The highest BCUT2D eigenvalue weighted by molar-refractivity contribution is 7.19. The molecule has 0 amide bonds. The predicted molar refractivity (Wildman–Crippen MR) is 162 cm³/mol. The van der Waals surface area contributed by atoms with E-state index in [0.29, 0.717) is 5.92 Å². The summed E-state index contributed by atoms with van der Waals surface area (Å²) in [7, 11) is 0. The SMILES string of the molecule is C1=Cc2c(c3nc(-c4cccc(C5CC=Cc6c5sc5ccccc65)c4)cnc3c3ccccc23)C=CC1. The van der Waals surface area contributed by atoms with Gasteiger partial charge in [-0.25, -0.2) is 4.98 Å². The van der Waals surface area contributed by atoms with Crippen LogP contribution in [-0.4, -0.2) is 9.97 Å². The number of nitrogens with zero attached hydrogens (tertiary/aromatic N) is 2. The first-order chi connectivity index (χ1) is 18.8. The summed E-state index contributed by atoms with van der Waals surface area (Å²) >= 11 is 1.93. The second-order valence-corrected chi connectivity index (χ2v) is 11.1. The molecule has 0 aliphatic heterocycles. The van der Waals surface area contributed by atoms with E-state index >= 15 is 0 Å². The summed E-state index contributed by atoms with van der Waals surface area (Å²) < 4.78 is 1.36. The molecule has 2 heterocycles. The number of thiophene rings is 1. The van der Waals surface area contributed by atoms with Crippen LogP contribution in [0.4, 0.5) is 0 Å². The van der Waals surface area contributed by atoms with Crippen molar-refractivity contribution in [1.29, 1.82) is 0 Å². The molecule has 0 bridgehead atoms.